The van der Waals surface area contributed by atoms with E-state index >= 15 is 0 Å². The van der Waals surface area contributed by atoms with Gasteiger partial charge in [-0.3, -0.25) is 4.79 Å². The van der Waals surface area contributed by atoms with E-state index in [0.717, 1.165) is 11.3 Å². The molecule has 4 nitrogen and oxygen atoms in total. The molecule has 0 atom stereocenters. The largest absolute Gasteiger partial charge is 0.496 e. The van der Waals surface area contributed by atoms with E-state index in [4.69, 9.17) is 21.1 Å². The molecule has 1 amide bonds. The Morgan fingerprint density at radius 1 is 1.00 bits per heavy atom. The number of hydrogen-bond acceptors (Lipinski definition) is 3. The lowest BCUT2D eigenvalue weighted by Gasteiger charge is -2.12. The molecular formula is C21H18ClNO3. The summed E-state index contributed by atoms with van der Waals surface area (Å²) in [4.78, 5) is 12.5. The summed E-state index contributed by atoms with van der Waals surface area (Å²) in [5.41, 5.74) is 1.94. The van der Waals surface area contributed by atoms with Crippen LogP contribution in [0.1, 0.15) is 15.9 Å². The molecule has 3 rings (SSSR count). The molecule has 3 aromatic carbocycles. The van der Waals surface area contributed by atoms with Gasteiger partial charge in [-0.05, 0) is 48.5 Å². The summed E-state index contributed by atoms with van der Waals surface area (Å²) in [6, 6.07) is 21.7. The van der Waals surface area contributed by atoms with Crippen LogP contribution in [0.4, 0.5) is 5.69 Å². The second-order valence-corrected chi connectivity index (χ2v) is 6.03. The SMILES string of the molecule is COc1ccc(C(=O)Nc2cccc(Cl)c2)cc1COc1ccccc1. The second-order valence-electron chi connectivity index (χ2n) is 5.59. The maximum absolute atomic E-state index is 12.5. The molecule has 0 aliphatic carbocycles. The zero-order valence-electron chi connectivity index (χ0n) is 14.2. The zero-order valence-corrected chi connectivity index (χ0v) is 15.0. The molecule has 132 valence electrons. The van der Waals surface area contributed by atoms with Crippen molar-refractivity contribution in [2.45, 2.75) is 6.61 Å². The maximum atomic E-state index is 12.5. The summed E-state index contributed by atoms with van der Waals surface area (Å²) >= 11 is 5.95. The van der Waals surface area contributed by atoms with Gasteiger partial charge < -0.3 is 14.8 Å². The van der Waals surface area contributed by atoms with Crippen molar-refractivity contribution >= 4 is 23.2 Å². The molecule has 1 N–H and O–H groups in total. The number of carbonyl (C=O) groups excluding carboxylic acids is 1. The maximum Gasteiger partial charge on any atom is 0.255 e. The quantitative estimate of drug-likeness (QED) is 0.653. The van der Waals surface area contributed by atoms with Crippen LogP contribution in [0.2, 0.25) is 5.02 Å². The van der Waals surface area contributed by atoms with E-state index in [1.807, 2.05) is 30.3 Å². The van der Waals surface area contributed by atoms with E-state index in [-0.39, 0.29) is 5.91 Å². The highest BCUT2D eigenvalue weighted by Gasteiger charge is 2.11. The number of amides is 1. The van der Waals surface area contributed by atoms with Gasteiger partial charge >= 0.3 is 0 Å². The Balaban J connectivity index is 1.76. The number of ether oxygens (including phenoxy) is 2. The van der Waals surface area contributed by atoms with Crippen molar-refractivity contribution < 1.29 is 14.3 Å². The van der Waals surface area contributed by atoms with E-state index in [9.17, 15) is 4.79 Å². The minimum Gasteiger partial charge on any atom is -0.496 e. The molecule has 0 bridgehead atoms. The van der Waals surface area contributed by atoms with Crippen molar-refractivity contribution in [1.82, 2.24) is 0 Å². The number of methoxy groups -OCH3 is 1. The molecule has 5 heteroatoms. The van der Waals surface area contributed by atoms with Gasteiger partial charge in [0.1, 0.15) is 18.1 Å². The monoisotopic (exact) mass is 367 g/mol. The first kappa shape index (κ1) is 17.8. The number of rotatable bonds is 6. The molecule has 0 aliphatic rings. The molecule has 0 saturated heterocycles. The number of anilines is 1. The van der Waals surface area contributed by atoms with Crippen LogP contribution in [0.5, 0.6) is 11.5 Å². The Labute approximate surface area is 157 Å². The summed E-state index contributed by atoms with van der Waals surface area (Å²) in [5.74, 6) is 1.19. The number of benzene rings is 3. The van der Waals surface area contributed by atoms with Crippen molar-refractivity contribution in [3.05, 3.63) is 88.9 Å². The van der Waals surface area contributed by atoms with Crippen LogP contribution in [0.3, 0.4) is 0 Å². The van der Waals surface area contributed by atoms with Crippen molar-refractivity contribution in [2.75, 3.05) is 12.4 Å². The standard InChI is InChI=1S/C21H18ClNO3/c1-25-20-11-10-15(21(24)23-18-7-5-6-17(22)13-18)12-16(20)14-26-19-8-3-2-4-9-19/h2-13H,14H2,1H3,(H,23,24). The zero-order chi connectivity index (χ0) is 18.4. The van der Waals surface area contributed by atoms with Gasteiger partial charge in [0.25, 0.3) is 5.91 Å². The van der Waals surface area contributed by atoms with Crippen molar-refractivity contribution in [1.29, 1.82) is 0 Å². The summed E-state index contributed by atoms with van der Waals surface area (Å²) in [7, 11) is 1.59. The van der Waals surface area contributed by atoms with Gasteiger partial charge in [0.05, 0.1) is 7.11 Å². The number of halogens is 1. The Morgan fingerprint density at radius 2 is 1.81 bits per heavy atom. The summed E-state index contributed by atoms with van der Waals surface area (Å²) in [6.07, 6.45) is 0. The fraction of sp³-hybridized carbons (Fsp3) is 0.0952. The third-order valence-electron chi connectivity index (χ3n) is 3.76. The molecule has 0 fully saturated rings. The lowest BCUT2D eigenvalue weighted by atomic mass is 10.1. The molecule has 0 saturated carbocycles. The number of carbonyl (C=O) groups is 1. The second kappa shape index (κ2) is 8.41. The van der Waals surface area contributed by atoms with E-state index in [1.165, 1.54) is 0 Å². The first-order chi connectivity index (χ1) is 12.7. The average Bonchev–Trinajstić information content (AvgIpc) is 2.67. The topological polar surface area (TPSA) is 47.6 Å². The third kappa shape index (κ3) is 4.55. The Kier molecular flexibility index (Phi) is 5.77. The molecule has 0 heterocycles. The predicted molar refractivity (Wildman–Crippen MR) is 103 cm³/mol. The molecule has 0 spiro atoms. The minimum atomic E-state index is -0.226. The Hall–Kier alpha value is -2.98. The lowest BCUT2D eigenvalue weighted by Crippen LogP contribution is -2.12. The van der Waals surface area contributed by atoms with Crippen LogP contribution in [-0.4, -0.2) is 13.0 Å². The summed E-state index contributed by atoms with van der Waals surface area (Å²) in [6.45, 7) is 0.297. The highest BCUT2D eigenvalue weighted by atomic mass is 35.5. The number of nitrogens with one attached hydrogen (secondary N) is 1. The Morgan fingerprint density at radius 3 is 2.54 bits per heavy atom. The van der Waals surface area contributed by atoms with E-state index in [1.54, 1.807) is 49.6 Å². The highest BCUT2D eigenvalue weighted by molar-refractivity contribution is 6.30. The fourth-order valence-corrected chi connectivity index (χ4v) is 2.67. The van der Waals surface area contributed by atoms with E-state index in [0.29, 0.717) is 28.6 Å². The van der Waals surface area contributed by atoms with Crippen molar-refractivity contribution in [3.63, 3.8) is 0 Å². The van der Waals surface area contributed by atoms with Gasteiger partial charge in [0.15, 0.2) is 0 Å². The summed E-state index contributed by atoms with van der Waals surface area (Å²) < 4.78 is 11.1. The smallest absolute Gasteiger partial charge is 0.255 e. The molecule has 3 aromatic rings. The van der Waals surface area contributed by atoms with E-state index in [2.05, 4.69) is 5.32 Å². The van der Waals surface area contributed by atoms with Crippen LogP contribution in [-0.2, 0) is 6.61 Å². The molecule has 0 aliphatic heterocycles. The Bertz CT molecular complexity index is 897. The first-order valence-corrected chi connectivity index (χ1v) is 8.45. The first-order valence-electron chi connectivity index (χ1n) is 8.07. The summed E-state index contributed by atoms with van der Waals surface area (Å²) in [5, 5.41) is 3.40. The van der Waals surface area contributed by atoms with Crippen LogP contribution < -0.4 is 14.8 Å². The number of para-hydroxylation sites is 1. The van der Waals surface area contributed by atoms with Gasteiger partial charge in [0, 0.05) is 21.8 Å². The van der Waals surface area contributed by atoms with Gasteiger partial charge in [-0.25, -0.2) is 0 Å². The van der Waals surface area contributed by atoms with Crippen molar-refractivity contribution in [2.24, 2.45) is 0 Å². The predicted octanol–water partition coefficient (Wildman–Crippen LogP) is 5.18. The van der Waals surface area contributed by atoms with Crippen LogP contribution in [0, 0.1) is 0 Å². The lowest BCUT2D eigenvalue weighted by molar-refractivity contribution is 0.102. The van der Waals surface area contributed by atoms with Gasteiger partial charge in [-0.2, -0.15) is 0 Å². The molecule has 0 aromatic heterocycles. The van der Waals surface area contributed by atoms with E-state index < -0.39 is 0 Å². The van der Waals surface area contributed by atoms with Crippen LogP contribution in [0.15, 0.2) is 72.8 Å². The third-order valence-corrected chi connectivity index (χ3v) is 4.00. The van der Waals surface area contributed by atoms with Crippen LogP contribution >= 0.6 is 11.6 Å². The van der Waals surface area contributed by atoms with Crippen molar-refractivity contribution in [3.8, 4) is 11.5 Å². The molecule has 0 radical (unpaired) electrons. The van der Waals surface area contributed by atoms with Crippen LogP contribution in [0.25, 0.3) is 0 Å². The normalized spacial score (nSPS) is 10.2. The van der Waals surface area contributed by atoms with Gasteiger partial charge in [-0.15, -0.1) is 0 Å². The highest BCUT2D eigenvalue weighted by Crippen LogP contribution is 2.23. The number of hydrogen-bond donors (Lipinski definition) is 1. The molecule has 0 unspecified atom stereocenters. The van der Waals surface area contributed by atoms with Gasteiger partial charge in [0.2, 0.25) is 0 Å². The molecule has 26 heavy (non-hydrogen) atoms. The van der Waals surface area contributed by atoms with Gasteiger partial charge in [-0.1, -0.05) is 35.9 Å². The average molecular weight is 368 g/mol. The molecular weight excluding hydrogens is 350 g/mol. The fourth-order valence-electron chi connectivity index (χ4n) is 2.48. The minimum absolute atomic E-state index is 0.226.